The molecule has 0 bridgehead atoms. The molecule has 0 aliphatic carbocycles. The first-order chi connectivity index (χ1) is 14.3. The van der Waals surface area contributed by atoms with Crippen molar-refractivity contribution in [3.63, 3.8) is 0 Å². The number of benzene rings is 1. The number of Topliss-reactive ketones (excluding diaryl/α,β-unsaturated/α-hetero) is 1. The molecule has 3 rings (SSSR count). The van der Waals surface area contributed by atoms with Crippen molar-refractivity contribution in [1.29, 1.82) is 0 Å². The Labute approximate surface area is 174 Å². The van der Waals surface area contributed by atoms with Crippen LogP contribution in [0.2, 0.25) is 0 Å². The Bertz CT molecular complexity index is 932. The minimum atomic E-state index is -0.819. The third kappa shape index (κ3) is 5.21. The van der Waals surface area contributed by atoms with Gasteiger partial charge in [-0.05, 0) is 31.5 Å². The average molecular weight is 411 g/mol. The molecule has 1 aromatic heterocycles. The lowest BCUT2D eigenvalue weighted by Crippen LogP contribution is -2.46. The molecule has 30 heavy (non-hydrogen) atoms. The van der Waals surface area contributed by atoms with Crippen molar-refractivity contribution < 1.29 is 24.2 Å². The maximum Gasteiger partial charge on any atom is 0.410 e. The molecule has 8 nitrogen and oxygen atoms in total. The molecule has 1 aromatic carbocycles. The van der Waals surface area contributed by atoms with Crippen molar-refractivity contribution in [1.82, 2.24) is 15.2 Å². The number of aromatic nitrogens is 1. The van der Waals surface area contributed by atoms with Crippen LogP contribution in [0.25, 0.3) is 0 Å². The van der Waals surface area contributed by atoms with E-state index in [0.29, 0.717) is 17.0 Å². The molecule has 0 spiro atoms. The summed E-state index contributed by atoms with van der Waals surface area (Å²) in [7, 11) is 0. The van der Waals surface area contributed by atoms with E-state index in [4.69, 9.17) is 4.74 Å². The summed E-state index contributed by atoms with van der Waals surface area (Å²) in [5.74, 6) is -0.460. The molecule has 8 heteroatoms. The van der Waals surface area contributed by atoms with Crippen LogP contribution in [-0.2, 0) is 22.7 Å². The van der Waals surface area contributed by atoms with Gasteiger partial charge in [0.2, 0.25) is 5.91 Å². The number of ketones is 1. The predicted molar refractivity (Wildman–Crippen MR) is 109 cm³/mol. The van der Waals surface area contributed by atoms with Gasteiger partial charge >= 0.3 is 6.09 Å². The summed E-state index contributed by atoms with van der Waals surface area (Å²) in [6.45, 7) is 3.49. The second kappa shape index (κ2) is 9.49. The lowest BCUT2D eigenvalue weighted by atomic mass is 10.1. The van der Waals surface area contributed by atoms with Crippen molar-refractivity contribution in [2.45, 2.75) is 45.6 Å². The van der Waals surface area contributed by atoms with Gasteiger partial charge in [-0.15, -0.1) is 0 Å². The van der Waals surface area contributed by atoms with Crippen LogP contribution >= 0.6 is 0 Å². The first-order valence-electron chi connectivity index (χ1n) is 9.75. The largest absolute Gasteiger partial charge is 0.445 e. The maximum atomic E-state index is 12.7. The van der Waals surface area contributed by atoms with Gasteiger partial charge in [-0.2, -0.15) is 0 Å². The summed E-state index contributed by atoms with van der Waals surface area (Å²) in [5.41, 5.74) is 2.57. The highest BCUT2D eigenvalue weighted by atomic mass is 16.6. The molecular formula is C22H25N3O5. The molecule has 0 saturated carbocycles. The number of ether oxygens (including phenoxy) is 1. The first kappa shape index (κ1) is 21.4. The molecule has 2 amide bonds. The van der Waals surface area contributed by atoms with Crippen molar-refractivity contribution in [3.05, 3.63) is 65.0 Å². The van der Waals surface area contributed by atoms with Crippen LogP contribution in [-0.4, -0.2) is 51.5 Å². The highest BCUT2D eigenvalue weighted by molar-refractivity contribution is 5.95. The SMILES string of the molecule is CC(=O)c1ccc(CNC(=O)[C@@H]2C[C@@H](O)CN2C(=O)OCc2ccccc2)nc1C. The summed E-state index contributed by atoms with van der Waals surface area (Å²) in [5, 5.41) is 12.7. The Hall–Kier alpha value is -3.26. The molecular weight excluding hydrogens is 386 g/mol. The molecule has 0 unspecified atom stereocenters. The van der Waals surface area contributed by atoms with E-state index in [2.05, 4.69) is 10.3 Å². The zero-order valence-corrected chi connectivity index (χ0v) is 17.0. The monoisotopic (exact) mass is 411 g/mol. The minimum absolute atomic E-state index is 0.0381. The predicted octanol–water partition coefficient (Wildman–Crippen LogP) is 1.98. The number of nitrogens with zero attached hydrogens (tertiary/aromatic N) is 2. The van der Waals surface area contributed by atoms with Gasteiger partial charge in [0.1, 0.15) is 12.6 Å². The van der Waals surface area contributed by atoms with Gasteiger partial charge in [-0.1, -0.05) is 30.3 Å². The van der Waals surface area contributed by atoms with Gasteiger partial charge in [-0.3, -0.25) is 19.5 Å². The Balaban J connectivity index is 1.58. The topological polar surface area (TPSA) is 109 Å². The van der Waals surface area contributed by atoms with E-state index >= 15 is 0 Å². The van der Waals surface area contributed by atoms with E-state index in [-0.39, 0.29) is 31.9 Å². The molecule has 2 aromatic rings. The Kier molecular flexibility index (Phi) is 6.79. The molecule has 158 valence electrons. The van der Waals surface area contributed by atoms with E-state index < -0.39 is 24.1 Å². The number of nitrogens with one attached hydrogen (secondary N) is 1. The van der Waals surface area contributed by atoms with Crippen LogP contribution in [0.3, 0.4) is 0 Å². The van der Waals surface area contributed by atoms with Crippen LogP contribution in [0, 0.1) is 6.92 Å². The Morgan fingerprint density at radius 2 is 1.93 bits per heavy atom. The van der Waals surface area contributed by atoms with Crippen LogP contribution in [0.5, 0.6) is 0 Å². The van der Waals surface area contributed by atoms with Gasteiger partial charge in [-0.25, -0.2) is 4.79 Å². The number of hydrogen-bond donors (Lipinski definition) is 2. The quantitative estimate of drug-likeness (QED) is 0.704. The Morgan fingerprint density at radius 1 is 1.20 bits per heavy atom. The van der Waals surface area contributed by atoms with E-state index in [9.17, 15) is 19.5 Å². The molecule has 2 atom stereocenters. The van der Waals surface area contributed by atoms with E-state index in [1.54, 1.807) is 19.1 Å². The lowest BCUT2D eigenvalue weighted by Gasteiger charge is -2.23. The summed E-state index contributed by atoms with van der Waals surface area (Å²) in [6.07, 6.45) is -1.29. The molecule has 2 N–H and O–H groups in total. The summed E-state index contributed by atoms with van der Waals surface area (Å²) >= 11 is 0. The van der Waals surface area contributed by atoms with Crippen LogP contribution in [0.1, 0.15) is 40.7 Å². The van der Waals surface area contributed by atoms with Crippen molar-refractivity contribution >= 4 is 17.8 Å². The van der Waals surface area contributed by atoms with Gasteiger partial charge in [0.15, 0.2) is 5.78 Å². The standard InChI is InChI=1S/C22H25N3O5/c1-14-19(15(2)26)9-8-17(24-14)11-23-21(28)20-10-18(27)12-25(20)22(29)30-13-16-6-4-3-5-7-16/h3-9,18,20,27H,10-13H2,1-2H3,(H,23,28)/t18-,20+/m1/s1. The number of aliphatic hydroxyl groups is 1. The molecule has 0 radical (unpaired) electrons. The molecule has 1 saturated heterocycles. The van der Waals surface area contributed by atoms with Crippen molar-refractivity contribution in [2.75, 3.05) is 6.54 Å². The lowest BCUT2D eigenvalue weighted by molar-refractivity contribution is -0.125. The average Bonchev–Trinajstić information content (AvgIpc) is 3.12. The zero-order valence-electron chi connectivity index (χ0n) is 17.0. The summed E-state index contributed by atoms with van der Waals surface area (Å²) in [4.78, 5) is 42.2. The van der Waals surface area contributed by atoms with Gasteiger partial charge in [0.05, 0.1) is 24.9 Å². The molecule has 1 aliphatic rings. The minimum Gasteiger partial charge on any atom is -0.445 e. The second-order valence-corrected chi connectivity index (χ2v) is 7.31. The van der Waals surface area contributed by atoms with Crippen LogP contribution < -0.4 is 5.32 Å². The third-order valence-electron chi connectivity index (χ3n) is 4.99. The van der Waals surface area contributed by atoms with Gasteiger partial charge < -0.3 is 15.2 Å². The van der Waals surface area contributed by atoms with Crippen LogP contribution in [0.4, 0.5) is 4.79 Å². The third-order valence-corrected chi connectivity index (χ3v) is 4.99. The summed E-state index contributed by atoms with van der Waals surface area (Å²) < 4.78 is 5.31. The number of β-amino-alcohol motifs (C(OH)–C–C–N with tert-alkyl or cyclic N) is 1. The number of rotatable bonds is 6. The number of hydrogen-bond acceptors (Lipinski definition) is 6. The number of aliphatic hydroxyl groups excluding tert-OH is 1. The normalized spacial score (nSPS) is 18.2. The van der Waals surface area contributed by atoms with E-state index in [0.717, 1.165) is 5.56 Å². The number of aryl methyl sites for hydroxylation is 1. The number of pyridine rings is 1. The fourth-order valence-electron chi connectivity index (χ4n) is 3.45. The number of likely N-dealkylation sites (tertiary alicyclic amines) is 1. The smallest absolute Gasteiger partial charge is 0.410 e. The van der Waals surface area contributed by atoms with Crippen molar-refractivity contribution in [2.24, 2.45) is 0 Å². The van der Waals surface area contributed by atoms with Crippen molar-refractivity contribution in [3.8, 4) is 0 Å². The van der Waals surface area contributed by atoms with E-state index in [1.165, 1.54) is 11.8 Å². The number of carbonyl (C=O) groups is 3. The number of carbonyl (C=O) groups excluding carboxylic acids is 3. The highest BCUT2D eigenvalue weighted by Gasteiger charge is 2.39. The summed E-state index contributed by atoms with van der Waals surface area (Å²) in [6, 6.07) is 11.8. The fraction of sp³-hybridized carbons (Fsp3) is 0.364. The van der Waals surface area contributed by atoms with Gasteiger partial charge in [0.25, 0.3) is 0 Å². The first-order valence-corrected chi connectivity index (χ1v) is 9.75. The second-order valence-electron chi connectivity index (χ2n) is 7.31. The van der Waals surface area contributed by atoms with Gasteiger partial charge in [0, 0.05) is 17.7 Å². The Morgan fingerprint density at radius 3 is 2.60 bits per heavy atom. The zero-order chi connectivity index (χ0) is 21.7. The van der Waals surface area contributed by atoms with E-state index in [1.807, 2.05) is 30.3 Å². The highest BCUT2D eigenvalue weighted by Crippen LogP contribution is 2.20. The molecule has 2 heterocycles. The molecule has 1 aliphatic heterocycles. The van der Waals surface area contributed by atoms with Crippen LogP contribution in [0.15, 0.2) is 42.5 Å². The fourth-order valence-corrected chi connectivity index (χ4v) is 3.45. The molecule has 1 fully saturated rings. The number of amides is 2. The maximum absolute atomic E-state index is 12.7.